The van der Waals surface area contributed by atoms with E-state index in [0.717, 1.165) is 21.1 Å². The van der Waals surface area contributed by atoms with E-state index in [1.54, 1.807) is 6.20 Å². The summed E-state index contributed by atoms with van der Waals surface area (Å²) in [5, 5.41) is 3.97. The summed E-state index contributed by atoms with van der Waals surface area (Å²) < 4.78 is 2.91. The number of carbonyl (C=O) groups excluding carboxylic acids is 1. The van der Waals surface area contributed by atoms with Gasteiger partial charge in [-0.15, -0.1) is 0 Å². The van der Waals surface area contributed by atoms with Gasteiger partial charge in [-0.1, -0.05) is 34.1 Å². The lowest BCUT2D eigenvalue weighted by Gasteiger charge is -2.02. The second-order valence-electron chi connectivity index (χ2n) is 4.59. The zero-order valence-electron chi connectivity index (χ0n) is 11.2. The summed E-state index contributed by atoms with van der Waals surface area (Å²) in [5.74, 6) is -0.157. The van der Waals surface area contributed by atoms with E-state index in [-0.39, 0.29) is 5.91 Å². The lowest BCUT2D eigenvalue weighted by atomic mass is 10.2. The molecule has 3 nitrogen and oxygen atoms in total. The molecule has 0 atom stereocenters. The minimum absolute atomic E-state index is 0.157. The van der Waals surface area contributed by atoms with Crippen LogP contribution in [0.25, 0.3) is 17.1 Å². The molecule has 0 spiro atoms. The van der Waals surface area contributed by atoms with Gasteiger partial charge in [0.25, 0.3) is 0 Å². The van der Waals surface area contributed by atoms with Crippen LogP contribution in [0.3, 0.4) is 0 Å². The highest BCUT2D eigenvalue weighted by Crippen LogP contribution is 2.16. The minimum atomic E-state index is -0.157. The highest BCUT2D eigenvalue weighted by atomic mass is 79.9. The molecular weight excluding hydrogens is 328 g/mol. The lowest BCUT2D eigenvalue weighted by molar-refractivity contribution is -0.111. The Morgan fingerprint density at radius 3 is 2.62 bits per heavy atom. The summed E-state index contributed by atoms with van der Waals surface area (Å²) >= 11 is 3.36. The molecule has 104 valence electrons. The van der Waals surface area contributed by atoms with Crippen molar-refractivity contribution in [3.05, 3.63) is 71.3 Å². The van der Waals surface area contributed by atoms with Gasteiger partial charge in [-0.3, -0.25) is 4.79 Å². The van der Waals surface area contributed by atoms with Crippen LogP contribution in [0.15, 0.2) is 71.3 Å². The molecule has 0 saturated heterocycles. The first kappa shape index (κ1) is 13.6. The summed E-state index contributed by atoms with van der Waals surface area (Å²) in [6, 6.07) is 17.5. The van der Waals surface area contributed by atoms with Crippen molar-refractivity contribution in [3.63, 3.8) is 0 Å². The molecule has 0 aliphatic carbocycles. The first-order valence-corrected chi connectivity index (χ1v) is 7.32. The van der Waals surface area contributed by atoms with Crippen molar-refractivity contribution >= 4 is 44.6 Å². The summed E-state index contributed by atoms with van der Waals surface area (Å²) in [7, 11) is 0. The summed E-state index contributed by atoms with van der Waals surface area (Å²) in [4.78, 5) is 11.9. The second-order valence-corrected chi connectivity index (χ2v) is 5.51. The predicted octanol–water partition coefficient (Wildman–Crippen LogP) is 4.51. The van der Waals surface area contributed by atoms with E-state index in [1.807, 2.05) is 65.4 Å². The van der Waals surface area contributed by atoms with Gasteiger partial charge in [0.15, 0.2) is 0 Å². The number of anilines is 1. The van der Waals surface area contributed by atoms with Crippen LogP contribution < -0.4 is 5.32 Å². The van der Waals surface area contributed by atoms with Gasteiger partial charge in [0.1, 0.15) is 0 Å². The van der Waals surface area contributed by atoms with Gasteiger partial charge in [0, 0.05) is 28.6 Å². The third-order valence-electron chi connectivity index (χ3n) is 3.13. The molecule has 0 fully saturated rings. The molecule has 2 aromatic carbocycles. The van der Waals surface area contributed by atoms with Crippen LogP contribution in [0.2, 0.25) is 0 Å². The number of rotatable bonds is 3. The maximum absolute atomic E-state index is 11.9. The van der Waals surface area contributed by atoms with Crippen LogP contribution in [-0.4, -0.2) is 10.5 Å². The van der Waals surface area contributed by atoms with Gasteiger partial charge in [-0.2, -0.15) is 0 Å². The van der Waals surface area contributed by atoms with Crippen molar-refractivity contribution < 1.29 is 4.79 Å². The molecule has 0 unspecified atom stereocenters. The number of halogens is 1. The molecule has 0 aliphatic heterocycles. The van der Waals surface area contributed by atoms with Gasteiger partial charge in [-0.05, 0) is 41.8 Å². The molecule has 1 N–H and O–H groups in total. The zero-order chi connectivity index (χ0) is 14.7. The van der Waals surface area contributed by atoms with Crippen molar-refractivity contribution in [2.75, 3.05) is 5.32 Å². The highest BCUT2D eigenvalue weighted by molar-refractivity contribution is 9.10. The van der Waals surface area contributed by atoms with E-state index in [2.05, 4.69) is 21.2 Å². The summed E-state index contributed by atoms with van der Waals surface area (Å²) in [5.41, 5.74) is 1.84. The maximum Gasteiger partial charge on any atom is 0.249 e. The predicted molar refractivity (Wildman–Crippen MR) is 90.0 cm³/mol. The minimum Gasteiger partial charge on any atom is -0.323 e. The fourth-order valence-electron chi connectivity index (χ4n) is 2.10. The van der Waals surface area contributed by atoms with Crippen molar-refractivity contribution in [2.45, 2.75) is 0 Å². The Bertz CT molecular complexity index is 803. The van der Waals surface area contributed by atoms with E-state index >= 15 is 0 Å². The van der Waals surface area contributed by atoms with Crippen LogP contribution in [0.4, 0.5) is 5.69 Å². The zero-order valence-corrected chi connectivity index (χ0v) is 12.7. The molecule has 0 bridgehead atoms. The molecule has 4 heteroatoms. The van der Waals surface area contributed by atoms with Crippen LogP contribution in [0.5, 0.6) is 0 Å². The molecule has 1 amide bonds. The fourth-order valence-corrected chi connectivity index (χ4v) is 2.36. The van der Waals surface area contributed by atoms with Gasteiger partial charge in [-0.25, -0.2) is 0 Å². The fraction of sp³-hybridized carbons (Fsp3) is 0. The normalized spacial score (nSPS) is 11.1. The number of fused-ring (bicyclic) bond motifs is 1. The number of aromatic nitrogens is 1. The number of para-hydroxylation sites is 1. The lowest BCUT2D eigenvalue weighted by Crippen LogP contribution is -2.07. The Morgan fingerprint density at radius 1 is 1.05 bits per heavy atom. The maximum atomic E-state index is 11.9. The molecule has 21 heavy (non-hydrogen) atoms. The molecule has 3 aromatic rings. The summed E-state index contributed by atoms with van der Waals surface area (Å²) in [6.45, 7) is 0. The Labute approximate surface area is 131 Å². The molecular formula is C17H13BrN2O. The number of hydrogen-bond acceptors (Lipinski definition) is 1. The van der Waals surface area contributed by atoms with Gasteiger partial charge in [0.05, 0.1) is 5.52 Å². The van der Waals surface area contributed by atoms with E-state index in [9.17, 15) is 4.79 Å². The van der Waals surface area contributed by atoms with Crippen LogP contribution in [-0.2, 0) is 4.79 Å². The van der Waals surface area contributed by atoms with E-state index in [0.29, 0.717) is 0 Å². The number of carbonyl (C=O) groups is 1. The standard InChI is InChI=1S/C17H13BrN2O/c18-14-5-7-15(8-6-14)19-17(21)10-12-20-11-9-13-3-1-2-4-16(13)20/h1-12H,(H,19,21). The van der Waals surface area contributed by atoms with Gasteiger partial charge in [0.2, 0.25) is 5.91 Å². The van der Waals surface area contributed by atoms with Crippen molar-refractivity contribution in [3.8, 4) is 0 Å². The van der Waals surface area contributed by atoms with Crippen molar-refractivity contribution in [1.82, 2.24) is 4.57 Å². The van der Waals surface area contributed by atoms with Crippen molar-refractivity contribution in [2.24, 2.45) is 0 Å². The molecule has 3 rings (SSSR count). The Balaban J connectivity index is 1.73. The summed E-state index contributed by atoms with van der Waals surface area (Å²) in [6.07, 6.45) is 5.22. The van der Waals surface area contributed by atoms with E-state index < -0.39 is 0 Å². The molecule has 0 saturated carbocycles. The number of nitrogens with one attached hydrogen (secondary N) is 1. The average molecular weight is 341 g/mol. The third-order valence-corrected chi connectivity index (χ3v) is 3.66. The quantitative estimate of drug-likeness (QED) is 0.699. The van der Waals surface area contributed by atoms with E-state index in [4.69, 9.17) is 0 Å². The molecule has 1 heterocycles. The molecule has 1 aromatic heterocycles. The van der Waals surface area contributed by atoms with Crippen molar-refractivity contribution in [1.29, 1.82) is 0 Å². The van der Waals surface area contributed by atoms with Crippen LogP contribution in [0, 0.1) is 0 Å². The Morgan fingerprint density at radius 2 is 1.81 bits per heavy atom. The average Bonchev–Trinajstić information content (AvgIpc) is 2.91. The highest BCUT2D eigenvalue weighted by Gasteiger charge is 1.99. The topological polar surface area (TPSA) is 34.0 Å². The number of amides is 1. The largest absolute Gasteiger partial charge is 0.323 e. The second kappa shape index (κ2) is 5.97. The monoisotopic (exact) mass is 340 g/mol. The SMILES string of the molecule is O=C(C=Cn1ccc2ccccc21)Nc1ccc(Br)cc1. The smallest absolute Gasteiger partial charge is 0.249 e. The molecule has 0 radical (unpaired) electrons. The van der Waals surface area contributed by atoms with Gasteiger partial charge >= 0.3 is 0 Å². The van der Waals surface area contributed by atoms with Crippen LogP contribution in [0.1, 0.15) is 0 Å². The first-order valence-electron chi connectivity index (χ1n) is 6.53. The third kappa shape index (κ3) is 3.23. The van der Waals surface area contributed by atoms with Crippen LogP contribution >= 0.6 is 15.9 Å². The Hall–Kier alpha value is -2.33. The molecule has 0 aliphatic rings. The first-order chi connectivity index (χ1) is 10.2. The number of hydrogen-bond donors (Lipinski definition) is 1. The van der Waals surface area contributed by atoms with Gasteiger partial charge < -0.3 is 9.88 Å². The number of nitrogens with zero attached hydrogens (tertiary/aromatic N) is 1. The van der Waals surface area contributed by atoms with E-state index in [1.165, 1.54) is 6.08 Å². The Kier molecular flexibility index (Phi) is 3.88. The number of benzene rings is 2.